The van der Waals surface area contributed by atoms with Gasteiger partial charge < -0.3 is 14.6 Å². The molecule has 2 amide bonds. The molecular formula is C21H27N3O4S2. The number of hydrogen-bond donors (Lipinski definition) is 1. The van der Waals surface area contributed by atoms with Crippen LogP contribution in [0.5, 0.6) is 0 Å². The molecule has 0 unspecified atom stereocenters. The number of aromatic nitrogens is 1. The lowest BCUT2D eigenvalue weighted by atomic mass is 9.95. The van der Waals surface area contributed by atoms with Gasteiger partial charge >= 0.3 is 5.97 Å². The third-order valence-electron chi connectivity index (χ3n) is 5.07. The lowest BCUT2D eigenvalue weighted by Crippen LogP contribution is -2.37. The summed E-state index contributed by atoms with van der Waals surface area (Å²) >= 11 is 2.65. The maximum absolute atomic E-state index is 12.4. The number of esters is 1. The number of methoxy groups -OCH3 is 1. The van der Waals surface area contributed by atoms with Crippen molar-refractivity contribution in [3.05, 3.63) is 28.6 Å². The SMILES string of the molecule is CCn1c(=NC(=O)CSCC(=O)NC2CCCCC2)sc2cc(C(=O)OC)ccc21. The Morgan fingerprint density at radius 1 is 1.23 bits per heavy atom. The van der Waals surface area contributed by atoms with Gasteiger partial charge in [0.25, 0.3) is 5.91 Å². The molecule has 1 aromatic carbocycles. The van der Waals surface area contributed by atoms with Gasteiger partial charge in [-0.25, -0.2) is 4.79 Å². The van der Waals surface area contributed by atoms with Gasteiger partial charge in [-0.05, 0) is 38.0 Å². The molecular weight excluding hydrogens is 422 g/mol. The average Bonchev–Trinajstić information content (AvgIpc) is 3.09. The van der Waals surface area contributed by atoms with Crippen molar-refractivity contribution in [1.29, 1.82) is 0 Å². The zero-order chi connectivity index (χ0) is 21.5. The van der Waals surface area contributed by atoms with Crippen LogP contribution in [0.4, 0.5) is 0 Å². The number of thioether (sulfide) groups is 1. The van der Waals surface area contributed by atoms with Gasteiger partial charge in [0, 0.05) is 12.6 Å². The molecule has 9 heteroatoms. The van der Waals surface area contributed by atoms with E-state index in [0.717, 1.165) is 23.1 Å². The van der Waals surface area contributed by atoms with Gasteiger partial charge in [0.15, 0.2) is 4.80 Å². The van der Waals surface area contributed by atoms with E-state index >= 15 is 0 Å². The maximum atomic E-state index is 12.4. The molecule has 162 valence electrons. The number of carbonyl (C=O) groups excluding carboxylic acids is 3. The van der Waals surface area contributed by atoms with E-state index in [9.17, 15) is 14.4 Å². The summed E-state index contributed by atoms with van der Waals surface area (Å²) in [5.74, 6) is -0.261. The molecule has 1 saturated carbocycles. The summed E-state index contributed by atoms with van der Waals surface area (Å²) in [6.45, 7) is 2.63. The highest BCUT2D eigenvalue weighted by Gasteiger charge is 2.16. The number of benzene rings is 1. The minimum absolute atomic E-state index is 0.0134. The van der Waals surface area contributed by atoms with Gasteiger partial charge in [0.1, 0.15) is 0 Å². The van der Waals surface area contributed by atoms with E-state index in [1.165, 1.54) is 49.5 Å². The van der Waals surface area contributed by atoms with Crippen LogP contribution in [-0.2, 0) is 20.9 Å². The summed E-state index contributed by atoms with van der Waals surface area (Å²) in [5, 5.41) is 3.06. The molecule has 1 aliphatic rings. The molecule has 0 radical (unpaired) electrons. The van der Waals surface area contributed by atoms with Crippen LogP contribution in [0.2, 0.25) is 0 Å². The van der Waals surface area contributed by atoms with E-state index in [1.54, 1.807) is 12.1 Å². The van der Waals surface area contributed by atoms with Crippen molar-refractivity contribution in [1.82, 2.24) is 9.88 Å². The van der Waals surface area contributed by atoms with E-state index in [1.807, 2.05) is 17.6 Å². The molecule has 30 heavy (non-hydrogen) atoms. The summed E-state index contributed by atoms with van der Waals surface area (Å²) in [5.41, 5.74) is 1.38. The van der Waals surface area contributed by atoms with Crippen molar-refractivity contribution in [3.63, 3.8) is 0 Å². The first-order chi connectivity index (χ1) is 14.5. The van der Waals surface area contributed by atoms with E-state index in [4.69, 9.17) is 4.74 Å². The first-order valence-corrected chi connectivity index (χ1v) is 12.1. The van der Waals surface area contributed by atoms with Crippen molar-refractivity contribution in [3.8, 4) is 0 Å². The lowest BCUT2D eigenvalue weighted by Gasteiger charge is -2.22. The van der Waals surface area contributed by atoms with Crippen molar-refractivity contribution < 1.29 is 19.1 Å². The van der Waals surface area contributed by atoms with Crippen molar-refractivity contribution in [2.75, 3.05) is 18.6 Å². The van der Waals surface area contributed by atoms with Crippen molar-refractivity contribution in [2.24, 2.45) is 4.99 Å². The quantitative estimate of drug-likeness (QED) is 0.656. The molecule has 0 aliphatic heterocycles. The molecule has 1 heterocycles. The summed E-state index contributed by atoms with van der Waals surface area (Å²) in [6.07, 6.45) is 5.68. The minimum atomic E-state index is -0.397. The minimum Gasteiger partial charge on any atom is -0.465 e. The molecule has 1 fully saturated rings. The van der Waals surface area contributed by atoms with Crippen LogP contribution in [0, 0.1) is 0 Å². The van der Waals surface area contributed by atoms with Crippen LogP contribution in [0.1, 0.15) is 49.4 Å². The number of thiazole rings is 1. The fourth-order valence-corrected chi connectivity index (χ4v) is 5.36. The molecule has 2 aromatic rings. The van der Waals surface area contributed by atoms with Crippen LogP contribution >= 0.6 is 23.1 Å². The van der Waals surface area contributed by atoms with Gasteiger partial charge in [0.2, 0.25) is 5.91 Å². The molecule has 0 saturated heterocycles. The summed E-state index contributed by atoms with van der Waals surface area (Å²) in [7, 11) is 1.35. The van der Waals surface area contributed by atoms with E-state index in [0.29, 0.717) is 16.9 Å². The second kappa shape index (κ2) is 10.8. The van der Waals surface area contributed by atoms with Gasteiger partial charge in [-0.1, -0.05) is 30.6 Å². The number of nitrogens with one attached hydrogen (secondary N) is 1. The monoisotopic (exact) mass is 449 g/mol. The Labute approximate surface area is 183 Å². The maximum Gasteiger partial charge on any atom is 0.337 e. The average molecular weight is 450 g/mol. The third kappa shape index (κ3) is 5.72. The van der Waals surface area contributed by atoms with Gasteiger partial charge in [0.05, 0.1) is 34.4 Å². The Bertz CT molecular complexity index is 990. The molecule has 0 spiro atoms. The second-order valence-corrected chi connectivity index (χ2v) is 9.20. The number of carbonyl (C=O) groups is 3. The predicted octanol–water partition coefficient (Wildman–Crippen LogP) is 3.12. The largest absolute Gasteiger partial charge is 0.465 e. The van der Waals surface area contributed by atoms with E-state index in [2.05, 4.69) is 10.3 Å². The van der Waals surface area contributed by atoms with Crippen LogP contribution in [-0.4, -0.2) is 47.0 Å². The van der Waals surface area contributed by atoms with Crippen molar-refractivity contribution >= 4 is 51.1 Å². The van der Waals surface area contributed by atoms with E-state index in [-0.39, 0.29) is 29.4 Å². The van der Waals surface area contributed by atoms with E-state index < -0.39 is 5.97 Å². The van der Waals surface area contributed by atoms with Gasteiger partial charge in [-0.2, -0.15) is 4.99 Å². The summed E-state index contributed by atoms with van der Waals surface area (Å²) in [4.78, 5) is 41.0. The Kier molecular flexibility index (Phi) is 8.09. The topological polar surface area (TPSA) is 89.8 Å². The number of aryl methyl sites for hydroxylation is 1. The Hall–Kier alpha value is -2.13. The van der Waals surface area contributed by atoms with Gasteiger partial charge in [-0.3, -0.25) is 9.59 Å². The molecule has 1 aromatic heterocycles. The zero-order valence-electron chi connectivity index (χ0n) is 17.3. The standard InChI is InChI=1S/C21H27N3O4S2/c1-3-24-16-10-9-14(20(27)28-2)11-17(16)30-21(24)23-19(26)13-29-12-18(25)22-15-7-5-4-6-8-15/h9-11,15H,3-8,12-13H2,1-2H3,(H,22,25). The molecule has 0 bridgehead atoms. The number of nitrogens with zero attached hydrogens (tertiary/aromatic N) is 2. The summed E-state index contributed by atoms with van der Waals surface area (Å²) < 4.78 is 7.58. The third-order valence-corrected chi connectivity index (χ3v) is 7.03. The number of hydrogen-bond acceptors (Lipinski definition) is 6. The fraction of sp³-hybridized carbons (Fsp3) is 0.524. The van der Waals surface area contributed by atoms with Gasteiger partial charge in [-0.15, -0.1) is 11.8 Å². The molecule has 7 nitrogen and oxygen atoms in total. The van der Waals surface area contributed by atoms with Crippen LogP contribution in [0.25, 0.3) is 10.2 Å². The number of fused-ring (bicyclic) bond motifs is 1. The lowest BCUT2D eigenvalue weighted by molar-refractivity contribution is -0.119. The predicted molar refractivity (Wildman–Crippen MR) is 120 cm³/mol. The Balaban J connectivity index is 1.62. The molecule has 3 rings (SSSR count). The van der Waals surface area contributed by atoms with Crippen LogP contribution in [0.15, 0.2) is 23.2 Å². The van der Waals surface area contributed by atoms with Crippen LogP contribution in [0.3, 0.4) is 0 Å². The Morgan fingerprint density at radius 2 is 2.00 bits per heavy atom. The second-order valence-electron chi connectivity index (χ2n) is 7.20. The number of amides is 2. The highest BCUT2D eigenvalue weighted by atomic mass is 32.2. The summed E-state index contributed by atoms with van der Waals surface area (Å²) in [6, 6.07) is 5.59. The Morgan fingerprint density at radius 3 is 2.70 bits per heavy atom. The van der Waals surface area contributed by atoms with Crippen LogP contribution < -0.4 is 10.1 Å². The highest BCUT2D eigenvalue weighted by Crippen LogP contribution is 2.20. The first kappa shape index (κ1) is 22.6. The number of ether oxygens (including phenoxy) is 1. The molecule has 0 atom stereocenters. The zero-order valence-corrected chi connectivity index (χ0v) is 18.9. The normalized spacial score (nSPS) is 15.3. The first-order valence-electron chi connectivity index (χ1n) is 10.2. The van der Waals surface area contributed by atoms with Crippen molar-refractivity contribution in [2.45, 2.75) is 51.6 Å². The fourth-order valence-electron chi connectivity index (χ4n) is 3.60. The number of rotatable bonds is 7. The smallest absolute Gasteiger partial charge is 0.337 e. The molecule has 1 aliphatic carbocycles. The highest BCUT2D eigenvalue weighted by molar-refractivity contribution is 8.00. The molecule has 1 N–H and O–H groups in total.